The molecule has 3 heterocycles. The van der Waals surface area contributed by atoms with Crippen LogP contribution in [0, 0.1) is 12.8 Å². The number of pyridine rings is 1. The van der Waals surface area contributed by atoms with Gasteiger partial charge in [0.25, 0.3) is 0 Å². The molecule has 0 aliphatic carbocycles. The average Bonchev–Trinajstić information content (AvgIpc) is 2.88. The lowest BCUT2D eigenvalue weighted by Gasteiger charge is -2.30. The molecule has 0 aromatic carbocycles. The van der Waals surface area contributed by atoms with E-state index in [1.54, 1.807) is 0 Å². The van der Waals surface area contributed by atoms with Crippen LogP contribution in [-0.2, 0) is 11.3 Å². The molecule has 0 saturated carbocycles. The molecule has 1 aliphatic rings. The number of aryl methyl sites for hydroxylation is 1. The summed E-state index contributed by atoms with van der Waals surface area (Å²) in [6, 6.07) is 6.21. The second-order valence-corrected chi connectivity index (χ2v) is 6.98. The monoisotopic (exact) mass is 315 g/mol. The molecular weight excluding hydrogens is 290 g/mol. The van der Waals surface area contributed by atoms with Crippen LogP contribution in [0.25, 0.3) is 5.65 Å². The lowest BCUT2D eigenvalue weighted by Crippen LogP contribution is -3.12. The number of carbonyl (C=O) groups is 1. The predicted molar refractivity (Wildman–Crippen MR) is 86.1 cm³/mol. The number of imidazole rings is 1. The molecule has 0 amide bonds. The van der Waals surface area contributed by atoms with Gasteiger partial charge in [-0.05, 0) is 25.0 Å². The van der Waals surface area contributed by atoms with Gasteiger partial charge in [-0.15, -0.1) is 0 Å². The molecule has 2 aromatic heterocycles. The van der Waals surface area contributed by atoms with Gasteiger partial charge in [0.1, 0.15) is 17.9 Å². The van der Waals surface area contributed by atoms with Gasteiger partial charge in [-0.2, -0.15) is 0 Å². The van der Waals surface area contributed by atoms with Crippen molar-refractivity contribution in [2.45, 2.75) is 46.1 Å². The van der Waals surface area contributed by atoms with Crippen molar-refractivity contribution < 1.29 is 14.8 Å². The molecule has 0 spiro atoms. The smallest absolute Gasteiger partial charge is 0.137 e. The van der Waals surface area contributed by atoms with Gasteiger partial charge in [-0.3, -0.25) is 4.40 Å². The highest BCUT2D eigenvalue weighted by atomic mass is 16.4. The first-order valence-electron chi connectivity index (χ1n) is 8.48. The zero-order chi connectivity index (χ0) is 16.6. The summed E-state index contributed by atoms with van der Waals surface area (Å²) >= 11 is 0. The van der Waals surface area contributed by atoms with Crippen molar-refractivity contribution >= 4 is 11.6 Å². The minimum absolute atomic E-state index is 0.271. The Hall–Kier alpha value is -1.88. The number of piperidine rings is 1. The normalized spacial score (nSPS) is 21.9. The second kappa shape index (κ2) is 6.32. The van der Waals surface area contributed by atoms with E-state index in [1.165, 1.54) is 16.3 Å². The first kappa shape index (κ1) is 16.0. The van der Waals surface area contributed by atoms with Crippen LogP contribution in [0.15, 0.2) is 18.2 Å². The quantitative estimate of drug-likeness (QED) is 0.883. The number of carboxylic acids is 1. The van der Waals surface area contributed by atoms with Gasteiger partial charge in [0, 0.05) is 30.4 Å². The minimum Gasteiger partial charge on any atom is -0.550 e. The molecule has 124 valence electrons. The third kappa shape index (κ3) is 3.11. The van der Waals surface area contributed by atoms with Crippen LogP contribution in [0.4, 0.5) is 0 Å². The van der Waals surface area contributed by atoms with Crippen LogP contribution >= 0.6 is 0 Å². The SMILES string of the molecule is Cc1cccc2nc(C(C)C)c(C[NH+]3CCC(C(=O)[O-])CC3)n12. The molecular formula is C18H25N3O2. The maximum absolute atomic E-state index is 11.0. The van der Waals surface area contributed by atoms with E-state index in [0.717, 1.165) is 31.0 Å². The van der Waals surface area contributed by atoms with Gasteiger partial charge in [-0.1, -0.05) is 19.9 Å². The number of carboxylic acid groups (broad SMARTS) is 1. The minimum atomic E-state index is -0.891. The van der Waals surface area contributed by atoms with Crippen LogP contribution in [0.3, 0.4) is 0 Å². The number of hydrogen-bond donors (Lipinski definition) is 1. The van der Waals surface area contributed by atoms with Gasteiger partial charge in [0.2, 0.25) is 0 Å². The van der Waals surface area contributed by atoms with Crippen LogP contribution < -0.4 is 10.0 Å². The molecule has 0 bridgehead atoms. The van der Waals surface area contributed by atoms with Crippen molar-refractivity contribution in [3.63, 3.8) is 0 Å². The van der Waals surface area contributed by atoms with Gasteiger partial charge in [0.15, 0.2) is 0 Å². The van der Waals surface area contributed by atoms with Gasteiger partial charge < -0.3 is 14.8 Å². The molecule has 0 atom stereocenters. The molecule has 0 radical (unpaired) electrons. The zero-order valence-electron chi connectivity index (χ0n) is 14.1. The Labute approximate surface area is 136 Å². The highest BCUT2D eigenvalue weighted by Gasteiger charge is 2.26. The third-order valence-corrected chi connectivity index (χ3v) is 4.96. The van der Waals surface area contributed by atoms with E-state index in [1.807, 2.05) is 6.07 Å². The highest BCUT2D eigenvalue weighted by Crippen LogP contribution is 2.22. The van der Waals surface area contributed by atoms with Crippen LogP contribution in [-0.4, -0.2) is 28.4 Å². The Morgan fingerprint density at radius 2 is 2.09 bits per heavy atom. The number of carbonyl (C=O) groups excluding carboxylic acids is 1. The van der Waals surface area contributed by atoms with Crippen LogP contribution in [0.1, 0.15) is 49.7 Å². The number of fused-ring (bicyclic) bond motifs is 1. The summed E-state index contributed by atoms with van der Waals surface area (Å²) in [6.45, 7) is 9.14. The summed E-state index contributed by atoms with van der Waals surface area (Å²) in [4.78, 5) is 17.3. The Morgan fingerprint density at radius 1 is 1.39 bits per heavy atom. The number of nitrogens with one attached hydrogen (secondary N) is 1. The maximum atomic E-state index is 11.0. The molecule has 0 unspecified atom stereocenters. The largest absolute Gasteiger partial charge is 0.550 e. The average molecular weight is 315 g/mol. The van der Waals surface area contributed by atoms with Crippen LogP contribution in [0.5, 0.6) is 0 Å². The molecule has 1 aliphatic heterocycles. The molecule has 23 heavy (non-hydrogen) atoms. The summed E-state index contributed by atoms with van der Waals surface area (Å²) in [5, 5.41) is 11.0. The summed E-state index contributed by atoms with van der Waals surface area (Å²) in [6.07, 6.45) is 1.43. The fourth-order valence-corrected chi connectivity index (χ4v) is 3.65. The van der Waals surface area contributed by atoms with Crippen molar-refractivity contribution in [1.29, 1.82) is 0 Å². The highest BCUT2D eigenvalue weighted by molar-refractivity contribution is 5.67. The van der Waals surface area contributed by atoms with E-state index < -0.39 is 5.97 Å². The maximum Gasteiger partial charge on any atom is 0.137 e. The zero-order valence-corrected chi connectivity index (χ0v) is 14.1. The van der Waals surface area contributed by atoms with Gasteiger partial charge in [-0.25, -0.2) is 4.98 Å². The third-order valence-electron chi connectivity index (χ3n) is 4.96. The summed E-state index contributed by atoms with van der Waals surface area (Å²) < 4.78 is 2.26. The first-order chi connectivity index (χ1) is 11.0. The molecule has 3 rings (SSSR count). The summed E-state index contributed by atoms with van der Waals surface area (Å²) in [5.74, 6) is -0.783. The van der Waals surface area contributed by atoms with Crippen molar-refractivity contribution in [3.05, 3.63) is 35.3 Å². The number of nitrogens with zero attached hydrogens (tertiary/aromatic N) is 2. The van der Waals surface area contributed by atoms with E-state index in [9.17, 15) is 9.90 Å². The number of likely N-dealkylation sites (tertiary alicyclic amines) is 1. The van der Waals surface area contributed by atoms with Crippen molar-refractivity contribution in [1.82, 2.24) is 9.38 Å². The number of rotatable bonds is 4. The topological polar surface area (TPSA) is 61.9 Å². The number of aromatic nitrogens is 2. The van der Waals surface area contributed by atoms with Crippen molar-refractivity contribution in [2.24, 2.45) is 5.92 Å². The molecule has 5 heteroatoms. The van der Waals surface area contributed by atoms with Crippen molar-refractivity contribution in [3.8, 4) is 0 Å². The second-order valence-electron chi connectivity index (χ2n) is 6.98. The van der Waals surface area contributed by atoms with E-state index in [2.05, 4.69) is 37.3 Å². The lowest BCUT2D eigenvalue weighted by atomic mass is 9.97. The van der Waals surface area contributed by atoms with Gasteiger partial charge >= 0.3 is 0 Å². The number of aliphatic carboxylic acids is 1. The summed E-state index contributed by atoms with van der Waals surface area (Å²) in [5.41, 5.74) is 4.64. The van der Waals surface area contributed by atoms with E-state index in [-0.39, 0.29) is 5.92 Å². The van der Waals surface area contributed by atoms with Crippen LogP contribution in [0.2, 0.25) is 0 Å². The predicted octanol–water partition coefficient (Wildman–Crippen LogP) is 0.311. The van der Waals surface area contributed by atoms with E-state index in [0.29, 0.717) is 18.8 Å². The van der Waals surface area contributed by atoms with Gasteiger partial charge in [0.05, 0.1) is 18.8 Å². The van der Waals surface area contributed by atoms with Crippen molar-refractivity contribution in [2.75, 3.05) is 13.1 Å². The number of hydrogen-bond acceptors (Lipinski definition) is 3. The molecule has 5 nitrogen and oxygen atoms in total. The number of quaternary nitrogens is 1. The lowest BCUT2D eigenvalue weighted by molar-refractivity contribution is -0.919. The molecule has 1 saturated heterocycles. The Balaban J connectivity index is 1.88. The Morgan fingerprint density at radius 3 is 2.70 bits per heavy atom. The first-order valence-corrected chi connectivity index (χ1v) is 8.48. The summed E-state index contributed by atoms with van der Waals surface area (Å²) in [7, 11) is 0. The fourth-order valence-electron chi connectivity index (χ4n) is 3.65. The fraction of sp³-hybridized carbons (Fsp3) is 0.556. The Bertz CT molecular complexity index is 712. The standard InChI is InChI=1S/C18H25N3O2/c1-12(2)17-15(21-13(3)5-4-6-16(21)19-17)11-20-9-7-14(8-10-20)18(22)23/h4-6,12,14H,7-11H2,1-3H3,(H,22,23). The van der Waals surface area contributed by atoms with E-state index in [4.69, 9.17) is 4.98 Å². The molecule has 1 N–H and O–H groups in total. The Kier molecular flexibility index (Phi) is 4.39. The molecule has 2 aromatic rings. The van der Waals surface area contributed by atoms with E-state index >= 15 is 0 Å². The molecule has 1 fully saturated rings.